The summed E-state index contributed by atoms with van der Waals surface area (Å²) in [5.41, 5.74) is 5.96. The first kappa shape index (κ1) is 16.2. The predicted molar refractivity (Wildman–Crippen MR) is 80.4 cm³/mol. The summed E-state index contributed by atoms with van der Waals surface area (Å²) < 4.78 is 31.5. The van der Waals surface area contributed by atoms with Crippen LogP contribution in [0.15, 0.2) is 23.1 Å². The molecule has 1 aliphatic rings. The molecule has 0 aromatic heterocycles. The Kier molecular flexibility index (Phi) is 4.57. The van der Waals surface area contributed by atoms with E-state index in [9.17, 15) is 13.5 Å². The van der Waals surface area contributed by atoms with Crippen LogP contribution in [0.5, 0.6) is 0 Å². The maximum Gasteiger partial charge on any atom is 0.242 e. The Bertz CT molecular complexity index is 609. The third-order valence-electron chi connectivity index (χ3n) is 3.89. The van der Waals surface area contributed by atoms with Crippen molar-refractivity contribution in [1.82, 2.24) is 4.31 Å². The summed E-state index contributed by atoms with van der Waals surface area (Å²) in [5, 5.41) is 10.4. The number of ether oxygens (including phenoxy) is 1. The molecule has 1 heterocycles. The molecule has 0 unspecified atom stereocenters. The molecule has 1 aromatic carbocycles. The number of aryl methyl sites for hydroxylation is 1. The summed E-state index contributed by atoms with van der Waals surface area (Å²) in [6, 6.07) is 4.62. The smallest absolute Gasteiger partial charge is 0.242 e. The molecule has 0 spiro atoms. The fourth-order valence-corrected chi connectivity index (χ4v) is 3.73. The highest BCUT2D eigenvalue weighted by atomic mass is 32.2. The average molecular weight is 314 g/mol. The van der Waals surface area contributed by atoms with Crippen LogP contribution in [0.1, 0.15) is 18.4 Å². The monoisotopic (exact) mass is 314 g/mol. The number of benzene rings is 1. The largest absolute Gasteiger partial charge is 0.399 e. The van der Waals surface area contributed by atoms with Crippen molar-refractivity contribution in [3.05, 3.63) is 23.8 Å². The fraction of sp³-hybridized carbons (Fsp3) is 0.571. The van der Waals surface area contributed by atoms with Gasteiger partial charge in [0.2, 0.25) is 10.0 Å². The van der Waals surface area contributed by atoms with Gasteiger partial charge in [0, 0.05) is 45.3 Å². The van der Waals surface area contributed by atoms with Crippen LogP contribution in [0.4, 0.5) is 5.69 Å². The van der Waals surface area contributed by atoms with Crippen molar-refractivity contribution in [3.63, 3.8) is 0 Å². The summed E-state index contributed by atoms with van der Waals surface area (Å²) in [4.78, 5) is 0.187. The summed E-state index contributed by atoms with van der Waals surface area (Å²) in [6.45, 7) is 2.72. The highest BCUT2D eigenvalue weighted by Gasteiger charge is 2.35. The molecule has 0 amide bonds. The second kappa shape index (κ2) is 5.92. The first-order chi connectivity index (χ1) is 9.74. The van der Waals surface area contributed by atoms with Crippen LogP contribution in [-0.2, 0) is 14.8 Å². The van der Waals surface area contributed by atoms with Gasteiger partial charge in [0.15, 0.2) is 0 Å². The third-order valence-corrected chi connectivity index (χ3v) is 5.69. The number of anilines is 1. The van der Waals surface area contributed by atoms with Gasteiger partial charge in [-0.05, 0) is 30.7 Å². The number of sulfonamides is 1. The second-order valence-electron chi connectivity index (χ2n) is 5.62. The Morgan fingerprint density at radius 3 is 2.57 bits per heavy atom. The van der Waals surface area contributed by atoms with Crippen LogP contribution >= 0.6 is 0 Å². The summed E-state index contributed by atoms with van der Waals surface area (Å²) in [7, 11) is -2.16. The highest BCUT2D eigenvalue weighted by molar-refractivity contribution is 7.89. The Labute approximate surface area is 125 Å². The second-order valence-corrected chi connectivity index (χ2v) is 7.66. The zero-order chi connectivity index (χ0) is 15.7. The Morgan fingerprint density at radius 2 is 2.00 bits per heavy atom. The van der Waals surface area contributed by atoms with Crippen molar-refractivity contribution >= 4 is 15.7 Å². The minimum atomic E-state index is -3.64. The lowest BCUT2D eigenvalue weighted by Crippen LogP contribution is -2.47. The van der Waals surface area contributed by atoms with Crippen LogP contribution in [-0.4, -0.2) is 50.2 Å². The van der Waals surface area contributed by atoms with Gasteiger partial charge in [0.25, 0.3) is 0 Å². The van der Waals surface area contributed by atoms with E-state index in [0.717, 1.165) is 0 Å². The van der Waals surface area contributed by atoms with Crippen LogP contribution in [0.25, 0.3) is 0 Å². The molecular weight excluding hydrogens is 292 g/mol. The first-order valence-electron chi connectivity index (χ1n) is 6.87. The molecule has 0 atom stereocenters. The number of nitrogen functional groups attached to an aromatic ring is 1. The lowest BCUT2D eigenvalue weighted by molar-refractivity contribution is -0.0689. The Hall–Kier alpha value is -1.15. The van der Waals surface area contributed by atoms with Gasteiger partial charge in [-0.2, -0.15) is 4.31 Å². The van der Waals surface area contributed by atoms with E-state index in [4.69, 9.17) is 10.5 Å². The molecule has 6 nitrogen and oxygen atoms in total. The first-order valence-corrected chi connectivity index (χ1v) is 8.31. The molecule has 0 bridgehead atoms. The van der Waals surface area contributed by atoms with Crippen LogP contribution in [0.3, 0.4) is 0 Å². The van der Waals surface area contributed by atoms with Gasteiger partial charge in [-0.15, -0.1) is 0 Å². The minimum Gasteiger partial charge on any atom is -0.399 e. The zero-order valence-electron chi connectivity index (χ0n) is 12.4. The maximum absolute atomic E-state index is 12.6. The van der Waals surface area contributed by atoms with E-state index < -0.39 is 15.6 Å². The van der Waals surface area contributed by atoms with Gasteiger partial charge in [0.1, 0.15) is 0 Å². The normalized spacial score (nSPS) is 18.9. The Morgan fingerprint density at radius 1 is 1.38 bits per heavy atom. The lowest BCUT2D eigenvalue weighted by Gasteiger charge is -2.35. The molecule has 7 heteroatoms. The van der Waals surface area contributed by atoms with Crippen LogP contribution in [0.2, 0.25) is 0 Å². The number of nitrogens with zero attached hydrogens (tertiary/aromatic N) is 1. The van der Waals surface area contributed by atoms with E-state index in [2.05, 4.69) is 0 Å². The molecule has 0 aliphatic carbocycles. The van der Waals surface area contributed by atoms with E-state index in [-0.39, 0.29) is 11.4 Å². The number of rotatable bonds is 4. The molecule has 0 saturated carbocycles. The van der Waals surface area contributed by atoms with Crippen molar-refractivity contribution in [3.8, 4) is 0 Å². The van der Waals surface area contributed by atoms with Crippen molar-refractivity contribution in [2.24, 2.45) is 0 Å². The summed E-state index contributed by atoms with van der Waals surface area (Å²) >= 11 is 0. The molecule has 1 aliphatic heterocycles. The zero-order valence-corrected chi connectivity index (χ0v) is 13.2. The molecular formula is C14H22N2O4S. The van der Waals surface area contributed by atoms with E-state index in [1.165, 1.54) is 17.4 Å². The molecule has 0 radical (unpaired) electrons. The fourth-order valence-electron chi connectivity index (χ4n) is 2.40. The number of aliphatic hydroxyl groups is 1. The predicted octanol–water partition coefficient (Wildman–Crippen LogP) is 0.739. The van der Waals surface area contributed by atoms with Crippen molar-refractivity contribution in [2.75, 3.05) is 32.5 Å². The van der Waals surface area contributed by atoms with E-state index in [1.807, 2.05) is 0 Å². The summed E-state index contributed by atoms with van der Waals surface area (Å²) in [5.74, 6) is 0. The van der Waals surface area contributed by atoms with Gasteiger partial charge in [-0.3, -0.25) is 0 Å². The van der Waals surface area contributed by atoms with E-state index in [0.29, 0.717) is 37.3 Å². The van der Waals surface area contributed by atoms with Crippen molar-refractivity contribution in [2.45, 2.75) is 30.3 Å². The number of hydrogen-bond donors (Lipinski definition) is 2. The topological polar surface area (TPSA) is 92.9 Å². The quantitative estimate of drug-likeness (QED) is 0.800. The molecule has 118 valence electrons. The van der Waals surface area contributed by atoms with Gasteiger partial charge in [-0.25, -0.2) is 8.42 Å². The summed E-state index contributed by atoms with van der Waals surface area (Å²) in [6.07, 6.45) is 0.876. The number of likely N-dealkylation sites (N-methyl/N-ethyl adjacent to an activating group) is 1. The van der Waals surface area contributed by atoms with Gasteiger partial charge in [0.05, 0.1) is 10.5 Å². The van der Waals surface area contributed by atoms with Gasteiger partial charge < -0.3 is 15.6 Å². The van der Waals surface area contributed by atoms with E-state index >= 15 is 0 Å². The standard InChI is InChI=1S/C14H22N2O4S/c1-11-9-12(3-4-13(11)15)21(18,19)16(2)10-14(17)5-7-20-8-6-14/h3-4,9,17H,5-8,10,15H2,1-2H3. The van der Waals surface area contributed by atoms with Crippen LogP contribution in [0, 0.1) is 6.92 Å². The van der Waals surface area contributed by atoms with Gasteiger partial charge in [-0.1, -0.05) is 0 Å². The third kappa shape index (κ3) is 3.55. The lowest BCUT2D eigenvalue weighted by atomic mass is 9.95. The Balaban J connectivity index is 2.20. The average Bonchev–Trinajstić information content (AvgIpc) is 2.42. The number of nitrogens with two attached hydrogens (primary N) is 1. The molecule has 1 saturated heterocycles. The number of hydrogen-bond acceptors (Lipinski definition) is 5. The SMILES string of the molecule is Cc1cc(S(=O)(=O)N(C)CC2(O)CCOCC2)ccc1N. The molecule has 1 aromatic rings. The highest BCUT2D eigenvalue weighted by Crippen LogP contribution is 2.25. The minimum absolute atomic E-state index is 0.0577. The molecule has 2 rings (SSSR count). The molecule has 3 N–H and O–H groups in total. The van der Waals surface area contributed by atoms with Crippen molar-refractivity contribution < 1.29 is 18.3 Å². The molecule has 1 fully saturated rings. The maximum atomic E-state index is 12.6. The van der Waals surface area contributed by atoms with Gasteiger partial charge >= 0.3 is 0 Å². The van der Waals surface area contributed by atoms with E-state index in [1.54, 1.807) is 19.1 Å². The van der Waals surface area contributed by atoms with Crippen LogP contribution < -0.4 is 5.73 Å². The molecule has 21 heavy (non-hydrogen) atoms. The van der Waals surface area contributed by atoms with Crippen molar-refractivity contribution in [1.29, 1.82) is 0 Å².